The molecule has 1 heterocycles. The van der Waals surface area contributed by atoms with Crippen LogP contribution in [0.3, 0.4) is 0 Å². The number of hydrogen-bond donors (Lipinski definition) is 1. The Kier molecular flexibility index (Phi) is 2.31. The Bertz CT molecular complexity index is 472. The van der Waals surface area contributed by atoms with Crippen LogP contribution in [-0.4, -0.2) is 16.9 Å². The van der Waals surface area contributed by atoms with E-state index in [0.29, 0.717) is 11.8 Å². The summed E-state index contributed by atoms with van der Waals surface area (Å²) in [6, 6.07) is 0. The maximum atomic E-state index is 11.5. The average Bonchev–Trinajstić information content (AvgIpc) is 2.54. The summed E-state index contributed by atoms with van der Waals surface area (Å²) < 4.78 is 5.25. The average molecular weight is 248 g/mol. The standard InChI is InChI=1S/C15H20O3/c1-9-4-5-12-10(6-9)7-11-8-13(16)18-15(11,17)14(12,2)3/h6,8,10,12,17H,4-5,7H2,1-3H3/t10-,12+,15+/m0/s1. The Morgan fingerprint density at radius 3 is 2.89 bits per heavy atom. The molecule has 3 aliphatic rings. The van der Waals surface area contributed by atoms with Gasteiger partial charge in [0.2, 0.25) is 5.79 Å². The van der Waals surface area contributed by atoms with Gasteiger partial charge in [0.05, 0.1) is 0 Å². The third-order valence-corrected chi connectivity index (χ3v) is 5.10. The third kappa shape index (κ3) is 1.37. The van der Waals surface area contributed by atoms with E-state index in [4.69, 9.17) is 4.74 Å². The lowest BCUT2D eigenvalue weighted by Crippen LogP contribution is -2.56. The van der Waals surface area contributed by atoms with Crippen LogP contribution in [0.4, 0.5) is 0 Å². The van der Waals surface area contributed by atoms with Crippen LogP contribution in [0.25, 0.3) is 0 Å². The molecule has 18 heavy (non-hydrogen) atoms. The van der Waals surface area contributed by atoms with Gasteiger partial charge in [0, 0.05) is 17.1 Å². The van der Waals surface area contributed by atoms with Crippen molar-refractivity contribution in [3.8, 4) is 0 Å². The molecule has 0 radical (unpaired) electrons. The minimum Gasteiger partial charge on any atom is -0.425 e. The zero-order valence-corrected chi connectivity index (χ0v) is 11.2. The fourth-order valence-corrected chi connectivity index (χ4v) is 3.99. The highest BCUT2D eigenvalue weighted by Gasteiger charge is 2.61. The molecular weight excluding hydrogens is 228 g/mol. The Balaban J connectivity index is 2.07. The van der Waals surface area contributed by atoms with E-state index in [1.54, 1.807) is 0 Å². The predicted octanol–water partition coefficient (Wildman–Crippen LogP) is 2.56. The zero-order chi connectivity index (χ0) is 13.1. The fourth-order valence-electron chi connectivity index (χ4n) is 3.99. The first-order valence-corrected chi connectivity index (χ1v) is 6.68. The summed E-state index contributed by atoms with van der Waals surface area (Å²) >= 11 is 0. The summed E-state index contributed by atoms with van der Waals surface area (Å²) in [7, 11) is 0. The highest BCUT2D eigenvalue weighted by molar-refractivity contribution is 5.86. The van der Waals surface area contributed by atoms with E-state index >= 15 is 0 Å². The molecule has 0 aromatic carbocycles. The summed E-state index contributed by atoms with van der Waals surface area (Å²) in [5.41, 5.74) is 1.75. The number of aliphatic hydroxyl groups is 1. The van der Waals surface area contributed by atoms with E-state index in [2.05, 4.69) is 13.0 Å². The summed E-state index contributed by atoms with van der Waals surface area (Å²) in [4.78, 5) is 11.5. The van der Waals surface area contributed by atoms with Gasteiger partial charge in [-0.3, -0.25) is 0 Å². The molecule has 0 spiro atoms. The molecule has 3 heteroatoms. The molecule has 0 bridgehead atoms. The molecule has 1 saturated carbocycles. The van der Waals surface area contributed by atoms with Gasteiger partial charge < -0.3 is 9.84 Å². The van der Waals surface area contributed by atoms with E-state index in [1.807, 2.05) is 13.8 Å². The van der Waals surface area contributed by atoms with Crippen LogP contribution in [0.5, 0.6) is 0 Å². The maximum absolute atomic E-state index is 11.5. The van der Waals surface area contributed by atoms with Gasteiger partial charge in [0.25, 0.3) is 0 Å². The molecule has 0 aromatic heterocycles. The Morgan fingerprint density at radius 2 is 2.17 bits per heavy atom. The maximum Gasteiger partial charge on any atom is 0.333 e. The zero-order valence-electron chi connectivity index (χ0n) is 11.2. The van der Waals surface area contributed by atoms with Crippen molar-refractivity contribution in [2.24, 2.45) is 17.3 Å². The number of carbonyl (C=O) groups is 1. The lowest BCUT2D eigenvalue weighted by Gasteiger charge is -2.53. The van der Waals surface area contributed by atoms with Crippen LogP contribution in [0.15, 0.2) is 23.3 Å². The molecule has 0 amide bonds. The van der Waals surface area contributed by atoms with Crippen molar-refractivity contribution in [2.75, 3.05) is 0 Å². The molecule has 0 unspecified atom stereocenters. The largest absolute Gasteiger partial charge is 0.425 e. The number of ether oxygens (including phenoxy) is 1. The quantitative estimate of drug-likeness (QED) is 0.529. The van der Waals surface area contributed by atoms with Crippen LogP contribution < -0.4 is 0 Å². The number of fused-ring (bicyclic) bond motifs is 2. The second-order valence-corrected chi connectivity index (χ2v) is 6.48. The van der Waals surface area contributed by atoms with Gasteiger partial charge in [-0.05, 0) is 38.0 Å². The SMILES string of the molecule is CC1=C[C@H]2CC3=CC(=O)O[C@@]3(O)C(C)(C)[C@@H]2CC1. The van der Waals surface area contributed by atoms with Crippen LogP contribution >= 0.6 is 0 Å². The Hall–Kier alpha value is -1.09. The van der Waals surface area contributed by atoms with Crippen LogP contribution in [0.1, 0.15) is 40.0 Å². The second kappa shape index (κ2) is 3.47. The van der Waals surface area contributed by atoms with E-state index < -0.39 is 17.2 Å². The van der Waals surface area contributed by atoms with E-state index in [-0.39, 0.29) is 0 Å². The van der Waals surface area contributed by atoms with Crippen molar-refractivity contribution in [1.82, 2.24) is 0 Å². The van der Waals surface area contributed by atoms with E-state index in [9.17, 15) is 9.90 Å². The number of esters is 1. The lowest BCUT2D eigenvalue weighted by atomic mass is 9.56. The highest BCUT2D eigenvalue weighted by atomic mass is 16.7. The van der Waals surface area contributed by atoms with E-state index in [0.717, 1.165) is 24.8 Å². The molecule has 3 rings (SSSR count). The normalized spacial score (nSPS) is 41.4. The number of carbonyl (C=O) groups excluding carboxylic acids is 1. The smallest absolute Gasteiger partial charge is 0.333 e. The van der Waals surface area contributed by atoms with Crippen LogP contribution in [0, 0.1) is 17.3 Å². The Morgan fingerprint density at radius 1 is 1.44 bits per heavy atom. The second-order valence-electron chi connectivity index (χ2n) is 6.48. The molecule has 1 N–H and O–H groups in total. The van der Waals surface area contributed by atoms with Crippen molar-refractivity contribution in [3.05, 3.63) is 23.3 Å². The van der Waals surface area contributed by atoms with Gasteiger partial charge >= 0.3 is 5.97 Å². The minimum absolute atomic E-state index is 0.370. The third-order valence-electron chi connectivity index (χ3n) is 5.10. The van der Waals surface area contributed by atoms with Gasteiger partial charge in [-0.1, -0.05) is 25.5 Å². The first kappa shape index (κ1) is 12.0. The highest BCUT2D eigenvalue weighted by Crippen LogP contribution is 2.58. The summed E-state index contributed by atoms with van der Waals surface area (Å²) in [5.74, 6) is -0.992. The molecule has 2 aliphatic carbocycles. The van der Waals surface area contributed by atoms with Crippen LogP contribution in [0.2, 0.25) is 0 Å². The topological polar surface area (TPSA) is 46.5 Å². The van der Waals surface area contributed by atoms with Gasteiger partial charge in [-0.2, -0.15) is 0 Å². The first-order valence-electron chi connectivity index (χ1n) is 6.68. The summed E-state index contributed by atoms with van der Waals surface area (Å²) in [6.45, 7) is 6.20. The van der Waals surface area contributed by atoms with Gasteiger partial charge in [0.1, 0.15) is 0 Å². The molecular formula is C15H20O3. The van der Waals surface area contributed by atoms with Crippen molar-refractivity contribution in [3.63, 3.8) is 0 Å². The van der Waals surface area contributed by atoms with Crippen molar-refractivity contribution < 1.29 is 14.6 Å². The molecule has 1 aliphatic heterocycles. The van der Waals surface area contributed by atoms with E-state index in [1.165, 1.54) is 11.6 Å². The van der Waals surface area contributed by atoms with Gasteiger partial charge in [-0.15, -0.1) is 0 Å². The predicted molar refractivity (Wildman–Crippen MR) is 67.5 cm³/mol. The number of rotatable bonds is 0. The molecule has 0 aromatic rings. The first-order chi connectivity index (χ1) is 8.34. The fraction of sp³-hybridized carbons (Fsp3) is 0.667. The number of allylic oxidation sites excluding steroid dienone is 2. The monoisotopic (exact) mass is 248 g/mol. The summed E-state index contributed by atoms with van der Waals surface area (Å²) in [5, 5.41) is 10.8. The van der Waals surface area contributed by atoms with Gasteiger partial charge in [-0.25, -0.2) is 4.79 Å². The minimum atomic E-state index is -1.38. The van der Waals surface area contributed by atoms with Gasteiger partial charge in [0.15, 0.2) is 0 Å². The van der Waals surface area contributed by atoms with Crippen molar-refractivity contribution in [1.29, 1.82) is 0 Å². The number of hydrogen-bond acceptors (Lipinski definition) is 3. The lowest BCUT2D eigenvalue weighted by molar-refractivity contribution is -0.247. The molecule has 1 fully saturated rings. The summed E-state index contributed by atoms with van der Waals surface area (Å²) in [6.07, 6.45) is 6.68. The van der Waals surface area contributed by atoms with Crippen molar-refractivity contribution >= 4 is 5.97 Å². The molecule has 98 valence electrons. The van der Waals surface area contributed by atoms with Crippen LogP contribution in [-0.2, 0) is 9.53 Å². The molecule has 0 saturated heterocycles. The van der Waals surface area contributed by atoms with Crippen molar-refractivity contribution in [2.45, 2.75) is 45.8 Å². The Labute approximate surface area is 108 Å². The molecule has 3 atom stereocenters. The molecule has 3 nitrogen and oxygen atoms in total.